The zero-order valence-electron chi connectivity index (χ0n) is 11.5. The highest BCUT2D eigenvalue weighted by Gasteiger charge is 2.28. The summed E-state index contributed by atoms with van der Waals surface area (Å²) in [6, 6.07) is 5.52. The SMILES string of the molecule is CCNCC(C)(O)C(C)SCc1ccc(Cl)cc1Cl. The molecular formula is C14H21Cl2NOS. The Morgan fingerprint density at radius 3 is 2.68 bits per heavy atom. The molecule has 2 N–H and O–H groups in total. The van der Waals surface area contributed by atoms with Gasteiger partial charge in [-0.15, -0.1) is 0 Å². The first-order valence-electron chi connectivity index (χ1n) is 6.35. The van der Waals surface area contributed by atoms with E-state index in [1.807, 2.05) is 32.9 Å². The van der Waals surface area contributed by atoms with Crippen LogP contribution >= 0.6 is 35.0 Å². The van der Waals surface area contributed by atoms with E-state index in [2.05, 4.69) is 5.32 Å². The van der Waals surface area contributed by atoms with Crippen molar-refractivity contribution >= 4 is 35.0 Å². The van der Waals surface area contributed by atoms with Crippen LogP contribution in [0.2, 0.25) is 10.0 Å². The molecule has 0 aliphatic carbocycles. The Bertz CT molecular complexity index is 412. The van der Waals surface area contributed by atoms with Crippen LogP contribution in [0.4, 0.5) is 0 Å². The van der Waals surface area contributed by atoms with Crippen molar-refractivity contribution in [2.45, 2.75) is 37.4 Å². The lowest BCUT2D eigenvalue weighted by Crippen LogP contribution is -2.45. The van der Waals surface area contributed by atoms with Crippen LogP contribution in [0.15, 0.2) is 18.2 Å². The molecule has 0 heterocycles. The van der Waals surface area contributed by atoms with Gasteiger partial charge in [0.05, 0.1) is 5.60 Å². The molecule has 1 rings (SSSR count). The Balaban J connectivity index is 2.55. The van der Waals surface area contributed by atoms with Crippen molar-refractivity contribution < 1.29 is 5.11 Å². The summed E-state index contributed by atoms with van der Waals surface area (Å²) >= 11 is 13.7. The van der Waals surface area contributed by atoms with Crippen LogP contribution in [0.1, 0.15) is 26.3 Å². The van der Waals surface area contributed by atoms with Crippen molar-refractivity contribution in [3.63, 3.8) is 0 Å². The summed E-state index contributed by atoms with van der Waals surface area (Å²) in [5.74, 6) is 0.763. The number of halogens is 2. The van der Waals surface area contributed by atoms with Gasteiger partial charge >= 0.3 is 0 Å². The average Bonchev–Trinajstić information content (AvgIpc) is 2.35. The van der Waals surface area contributed by atoms with Gasteiger partial charge in [-0.2, -0.15) is 11.8 Å². The lowest BCUT2D eigenvalue weighted by Gasteiger charge is -2.30. The standard InChI is InChI=1S/C14H21Cl2NOS/c1-4-17-9-14(3,18)10(2)19-8-11-5-6-12(15)7-13(11)16/h5-7,10,17-18H,4,8-9H2,1-3H3. The number of hydrogen-bond donors (Lipinski definition) is 2. The molecule has 2 unspecified atom stereocenters. The fourth-order valence-electron chi connectivity index (χ4n) is 1.55. The number of nitrogens with one attached hydrogen (secondary N) is 1. The van der Waals surface area contributed by atoms with Crippen molar-refractivity contribution in [1.29, 1.82) is 0 Å². The maximum Gasteiger partial charge on any atom is 0.0858 e. The number of aliphatic hydroxyl groups is 1. The van der Waals surface area contributed by atoms with Gasteiger partial charge in [0.15, 0.2) is 0 Å². The Labute approximate surface area is 129 Å². The van der Waals surface area contributed by atoms with Crippen LogP contribution in [-0.2, 0) is 5.75 Å². The summed E-state index contributed by atoms with van der Waals surface area (Å²) in [5.41, 5.74) is 0.307. The van der Waals surface area contributed by atoms with Gasteiger partial charge in [-0.3, -0.25) is 0 Å². The zero-order valence-corrected chi connectivity index (χ0v) is 13.9. The van der Waals surface area contributed by atoms with Gasteiger partial charge in [0.2, 0.25) is 0 Å². The van der Waals surface area contributed by atoms with E-state index in [0.717, 1.165) is 17.9 Å². The van der Waals surface area contributed by atoms with E-state index < -0.39 is 5.60 Å². The topological polar surface area (TPSA) is 32.3 Å². The second kappa shape index (κ2) is 7.75. The van der Waals surface area contributed by atoms with Crippen LogP contribution in [-0.4, -0.2) is 29.0 Å². The number of thioether (sulfide) groups is 1. The third-order valence-corrected chi connectivity index (χ3v) is 5.19. The lowest BCUT2D eigenvalue weighted by molar-refractivity contribution is 0.0622. The van der Waals surface area contributed by atoms with Crippen LogP contribution in [0.3, 0.4) is 0 Å². The number of likely N-dealkylation sites (N-methyl/N-ethyl adjacent to an activating group) is 1. The molecule has 0 saturated heterocycles. The number of rotatable bonds is 7. The molecule has 2 nitrogen and oxygen atoms in total. The Hall–Kier alpha value is 0.0700. The van der Waals surface area contributed by atoms with E-state index in [1.54, 1.807) is 17.8 Å². The van der Waals surface area contributed by atoms with Crippen molar-refractivity contribution in [1.82, 2.24) is 5.32 Å². The van der Waals surface area contributed by atoms with Crippen molar-refractivity contribution in [3.05, 3.63) is 33.8 Å². The molecule has 0 aliphatic heterocycles. The molecule has 0 aliphatic rings. The van der Waals surface area contributed by atoms with Crippen LogP contribution < -0.4 is 5.32 Å². The van der Waals surface area contributed by atoms with E-state index in [-0.39, 0.29) is 5.25 Å². The van der Waals surface area contributed by atoms with Crippen molar-refractivity contribution in [2.24, 2.45) is 0 Å². The summed E-state index contributed by atoms with van der Waals surface area (Å²) in [6.45, 7) is 7.37. The van der Waals surface area contributed by atoms with Crippen molar-refractivity contribution in [3.8, 4) is 0 Å². The summed E-state index contributed by atoms with van der Waals surface area (Å²) < 4.78 is 0. The van der Waals surface area contributed by atoms with E-state index >= 15 is 0 Å². The third kappa shape index (κ3) is 5.52. The minimum Gasteiger partial charge on any atom is -0.388 e. The van der Waals surface area contributed by atoms with E-state index in [0.29, 0.717) is 16.6 Å². The molecule has 0 radical (unpaired) electrons. The average molecular weight is 322 g/mol. The highest BCUT2D eigenvalue weighted by Crippen LogP contribution is 2.30. The summed E-state index contributed by atoms with van der Waals surface area (Å²) in [4.78, 5) is 0. The van der Waals surface area contributed by atoms with Gasteiger partial charge in [0.25, 0.3) is 0 Å². The molecule has 108 valence electrons. The smallest absolute Gasteiger partial charge is 0.0858 e. The monoisotopic (exact) mass is 321 g/mol. The second-order valence-corrected chi connectivity index (χ2v) is 7.00. The Morgan fingerprint density at radius 1 is 1.42 bits per heavy atom. The highest BCUT2D eigenvalue weighted by molar-refractivity contribution is 7.99. The zero-order chi connectivity index (χ0) is 14.5. The van der Waals surface area contributed by atoms with Gasteiger partial charge in [-0.25, -0.2) is 0 Å². The van der Waals surface area contributed by atoms with Crippen LogP contribution in [0.5, 0.6) is 0 Å². The molecule has 0 amide bonds. The molecule has 0 spiro atoms. The van der Waals surface area contributed by atoms with Crippen LogP contribution in [0, 0.1) is 0 Å². The third-order valence-electron chi connectivity index (χ3n) is 3.11. The molecule has 5 heteroatoms. The Morgan fingerprint density at radius 2 is 2.11 bits per heavy atom. The fourth-order valence-corrected chi connectivity index (χ4v) is 3.23. The van der Waals surface area contributed by atoms with Gasteiger partial charge in [-0.1, -0.05) is 43.1 Å². The lowest BCUT2D eigenvalue weighted by atomic mass is 10.0. The first kappa shape index (κ1) is 17.1. The normalized spacial score (nSPS) is 16.1. The second-order valence-electron chi connectivity index (χ2n) is 4.83. The van der Waals surface area contributed by atoms with Gasteiger partial charge in [0.1, 0.15) is 0 Å². The van der Waals surface area contributed by atoms with Gasteiger partial charge < -0.3 is 10.4 Å². The molecule has 0 bridgehead atoms. The molecule has 0 saturated carbocycles. The summed E-state index contributed by atoms with van der Waals surface area (Å²) in [7, 11) is 0. The quantitative estimate of drug-likeness (QED) is 0.796. The maximum atomic E-state index is 10.4. The highest BCUT2D eigenvalue weighted by atomic mass is 35.5. The maximum absolute atomic E-state index is 10.4. The minimum atomic E-state index is -0.737. The van der Waals surface area contributed by atoms with E-state index in [1.165, 1.54) is 0 Å². The first-order chi connectivity index (χ1) is 8.86. The van der Waals surface area contributed by atoms with Crippen LogP contribution in [0.25, 0.3) is 0 Å². The predicted octanol–water partition coefficient (Wildman–Crippen LogP) is 3.98. The predicted molar refractivity (Wildman–Crippen MR) is 86.4 cm³/mol. The molecule has 1 aromatic rings. The van der Waals surface area contributed by atoms with Gasteiger partial charge in [0, 0.05) is 27.6 Å². The first-order valence-corrected chi connectivity index (χ1v) is 8.16. The summed E-state index contributed by atoms with van der Waals surface area (Å²) in [6.07, 6.45) is 0. The largest absolute Gasteiger partial charge is 0.388 e. The van der Waals surface area contributed by atoms with Gasteiger partial charge in [-0.05, 0) is 31.2 Å². The fraction of sp³-hybridized carbons (Fsp3) is 0.571. The van der Waals surface area contributed by atoms with Crippen molar-refractivity contribution in [2.75, 3.05) is 13.1 Å². The molecular weight excluding hydrogens is 301 g/mol. The molecule has 0 fully saturated rings. The van der Waals surface area contributed by atoms with E-state index in [9.17, 15) is 5.11 Å². The Kier molecular flexibility index (Phi) is 6.98. The number of benzene rings is 1. The number of hydrogen-bond acceptors (Lipinski definition) is 3. The summed E-state index contributed by atoms with van der Waals surface area (Å²) in [5, 5.41) is 15.0. The molecule has 0 aromatic heterocycles. The molecule has 2 atom stereocenters. The molecule has 19 heavy (non-hydrogen) atoms. The minimum absolute atomic E-state index is 0.110. The molecule has 1 aromatic carbocycles. The van der Waals surface area contributed by atoms with E-state index in [4.69, 9.17) is 23.2 Å².